The number of rotatable bonds is 3. The van der Waals surface area contributed by atoms with Crippen molar-refractivity contribution in [2.45, 2.75) is 51.6 Å². The van der Waals surface area contributed by atoms with Crippen molar-refractivity contribution in [1.29, 1.82) is 0 Å². The van der Waals surface area contributed by atoms with Crippen LogP contribution < -0.4 is 10.6 Å². The second-order valence-corrected chi connectivity index (χ2v) is 6.11. The van der Waals surface area contributed by atoms with E-state index in [4.69, 9.17) is 0 Å². The summed E-state index contributed by atoms with van der Waals surface area (Å²) in [4.78, 5) is 8.97. The normalized spacial score (nSPS) is 16.2. The Hall–Kier alpha value is -1.31. The lowest BCUT2D eigenvalue weighted by Gasteiger charge is -2.24. The Morgan fingerprint density at radius 1 is 1.35 bits per heavy atom. The molecule has 1 aliphatic rings. The topological polar surface area (TPSA) is 53.7 Å². The molecule has 2 heterocycles. The predicted molar refractivity (Wildman–Crippen MR) is 106 cm³/mol. The van der Waals surface area contributed by atoms with Crippen LogP contribution in [0.4, 0.5) is 0 Å². The van der Waals surface area contributed by atoms with E-state index in [1.54, 1.807) is 0 Å². The first-order valence-corrected chi connectivity index (χ1v) is 8.16. The minimum atomic E-state index is 0. The summed E-state index contributed by atoms with van der Waals surface area (Å²) in [5, 5.41) is 6.89. The fraction of sp³-hybridized carbons (Fsp3) is 0.529. The number of imidazole rings is 1. The maximum absolute atomic E-state index is 4.64. The van der Waals surface area contributed by atoms with E-state index < -0.39 is 0 Å². The number of hydrogen-bond acceptors (Lipinski definition) is 2. The van der Waals surface area contributed by atoms with Gasteiger partial charge in [0.15, 0.2) is 5.96 Å². The van der Waals surface area contributed by atoms with E-state index in [2.05, 4.69) is 56.5 Å². The molecule has 0 spiro atoms. The Labute approximate surface area is 155 Å². The molecule has 6 heteroatoms. The molecule has 2 aromatic heterocycles. The van der Waals surface area contributed by atoms with Gasteiger partial charge in [0.25, 0.3) is 0 Å². The average Bonchev–Trinajstić information content (AvgIpc) is 2.94. The standard InChI is InChI=1S/C17H25N5.HI/c1-13-8-9-22-12-15(20-16(22)10-13)11-19-17(18-2)21-14-6-4-3-5-7-14;/h8-10,12,14H,3-7,11H2,1-2H3,(H2,18,19,21);1H. The lowest BCUT2D eigenvalue weighted by molar-refractivity contribution is 0.410. The Kier molecular flexibility index (Phi) is 6.68. The van der Waals surface area contributed by atoms with Crippen molar-refractivity contribution < 1.29 is 0 Å². The van der Waals surface area contributed by atoms with Crippen molar-refractivity contribution in [2.24, 2.45) is 4.99 Å². The molecule has 5 nitrogen and oxygen atoms in total. The van der Waals surface area contributed by atoms with Gasteiger partial charge in [0.05, 0.1) is 12.2 Å². The molecule has 1 aliphatic carbocycles. The second-order valence-electron chi connectivity index (χ2n) is 6.11. The number of aliphatic imine (C=N–C) groups is 1. The predicted octanol–water partition coefficient (Wildman–Crippen LogP) is 3.26. The molecule has 0 unspecified atom stereocenters. The highest BCUT2D eigenvalue weighted by molar-refractivity contribution is 14.0. The first-order valence-electron chi connectivity index (χ1n) is 8.16. The molecule has 23 heavy (non-hydrogen) atoms. The Balaban J connectivity index is 0.00000192. The van der Waals surface area contributed by atoms with Crippen LogP contribution in [0.15, 0.2) is 29.5 Å². The second kappa shape index (κ2) is 8.52. The number of pyridine rings is 1. The van der Waals surface area contributed by atoms with Gasteiger partial charge in [-0.1, -0.05) is 19.3 Å². The SMILES string of the molecule is CN=C(NCc1cn2ccc(C)cc2n1)NC1CCCCC1.I. The number of fused-ring (bicyclic) bond motifs is 1. The zero-order valence-electron chi connectivity index (χ0n) is 13.9. The Morgan fingerprint density at radius 2 is 2.13 bits per heavy atom. The zero-order valence-corrected chi connectivity index (χ0v) is 16.2. The van der Waals surface area contributed by atoms with E-state index >= 15 is 0 Å². The molecule has 0 aromatic carbocycles. The van der Waals surface area contributed by atoms with Gasteiger partial charge in [0.2, 0.25) is 0 Å². The summed E-state index contributed by atoms with van der Waals surface area (Å²) in [5.74, 6) is 0.875. The third kappa shape index (κ3) is 4.83. The molecule has 1 fully saturated rings. The van der Waals surface area contributed by atoms with Crippen LogP contribution in [-0.2, 0) is 6.54 Å². The summed E-state index contributed by atoms with van der Waals surface area (Å²) in [6, 6.07) is 4.75. The minimum absolute atomic E-state index is 0. The van der Waals surface area contributed by atoms with Gasteiger partial charge in [-0.2, -0.15) is 0 Å². The summed E-state index contributed by atoms with van der Waals surface area (Å²) in [7, 11) is 1.82. The van der Waals surface area contributed by atoms with Crippen LogP contribution in [0, 0.1) is 6.92 Å². The van der Waals surface area contributed by atoms with Crippen molar-refractivity contribution in [3.05, 3.63) is 35.8 Å². The molecule has 3 rings (SSSR count). The number of aryl methyl sites for hydroxylation is 1. The maximum Gasteiger partial charge on any atom is 0.191 e. The Bertz CT molecular complexity index is 658. The van der Waals surface area contributed by atoms with Gasteiger partial charge in [0, 0.05) is 25.5 Å². The maximum atomic E-state index is 4.64. The third-order valence-electron chi connectivity index (χ3n) is 4.27. The number of nitrogens with zero attached hydrogens (tertiary/aromatic N) is 3. The molecule has 0 amide bonds. The molecule has 0 aliphatic heterocycles. The molecule has 2 N–H and O–H groups in total. The number of hydrogen-bond donors (Lipinski definition) is 2. The zero-order chi connectivity index (χ0) is 15.4. The molecule has 126 valence electrons. The minimum Gasteiger partial charge on any atom is -0.354 e. The van der Waals surface area contributed by atoms with Gasteiger partial charge >= 0.3 is 0 Å². The number of guanidine groups is 1. The molecular weight excluding hydrogens is 401 g/mol. The summed E-state index contributed by atoms with van der Waals surface area (Å²) in [5.41, 5.74) is 3.25. The lowest BCUT2D eigenvalue weighted by atomic mass is 9.96. The fourth-order valence-corrected chi connectivity index (χ4v) is 3.03. The molecular formula is C17H26IN5. The van der Waals surface area contributed by atoms with Crippen LogP contribution in [0.5, 0.6) is 0 Å². The van der Waals surface area contributed by atoms with E-state index in [0.29, 0.717) is 12.6 Å². The van der Waals surface area contributed by atoms with Gasteiger partial charge in [-0.15, -0.1) is 24.0 Å². The largest absolute Gasteiger partial charge is 0.354 e. The van der Waals surface area contributed by atoms with Crippen LogP contribution in [0.1, 0.15) is 43.4 Å². The van der Waals surface area contributed by atoms with Crippen LogP contribution in [0.2, 0.25) is 0 Å². The average molecular weight is 427 g/mol. The smallest absolute Gasteiger partial charge is 0.191 e. The van der Waals surface area contributed by atoms with Crippen molar-refractivity contribution in [1.82, 2.24) is 20.0 Å². The van der Waals surface area contributed by atoms with E-state index in [1.165, 1.54) is 37.7 Å². The molecule has 0 bridgehead atoms. The van der Waals surface area contributed by atoms with Crippen molar-refractivity contribution in [3.63, 3.8) is 0 Å². The van der Waals surface area contributed by atoms with E-state index in [0.717, 1.165) is 17.3 Å². The lowest BCUT2D eigenvalue weighted by Crippen LogP contribution is -2.43. The molecule has 1 saturated carbocycles. The van der Waals surface area contributed by atoms with Gasteiger partial charge < -0.3 is 15.0 Å². The van der Waals surface area contributed by atoms with E-state index in [-0.39, 0.29) is 24.0 Å². The van der Waals surface area contributed by atoms with Crippen LogP contribution >= 0.6 is 24.0 Å². The number of nitrogens with one attached hydrogen (secondary N) is 2. The molecule has 0 radical (unpaired) electrons. The first kappa shape index (κ1) is 18.0. The van der Waals surface area contributed by atoms with Gasteiger partial charge in [-0.25, -0.2) is 4.98 Å². The van der Waals surface area contributed by atoms with Crippen molar-refractivity contribution >= 4 is 35.6 Å². The van der Waals surface area contributed by atoms with Gasteiger partial charge in [-0.05, 0) is 37.5 Å². The fourth-order valence-electron chi connectivity index (χ4n) is 3.03. The summed E-state index contributed by atoms with van der Waals surface area (Å²) in [6.45, 7) is 2.77. The van der Waals surface area contributed by atoms with Gasteiger partial charge in [-0.3, -0.25) is 4.99 Å². The quantitative estimate of drug-likeness (QED) is 0.449. The summed E-state index contributed by atoms with van der Waals surface area (Å²) >= 11 is 0. The van der Waals surface area contributed by atoms with E-state index in [9.17, 15) is 0 Å². The first-order chi connectivity index (χ1) is 10.7. The highest BCUT2D eigenvalue weighted by atomic mass is 127. The summed E-state index contributed by atoms with van der Waals surface area (Å²) < 4.78 is 2.06. The third-order valence-corrected chi connectivity index (χ3v) is 4.27. The monoisotopic (exact) mass is 427 g/mol. The molecule has 2 aromatic rings. The molecule has 0 saturated heterocycles. The van der Waals surface area contributed by atoms with Crippen LogP contribution in [-0.4, -0.2) is 28.4 Å². The highest BCUT2D eigenvalue weighted by Crippen LogP contribution is 2.17. The number of aromatic nitrogens is 2. The van der Waals surface area contributed by atoms with Crippen molar-refractivity contribution in [3.8, 4) is 0 Å². The van der Waals surface area contributed by atoms with Crippen molar-refractivity contribution in [2.75, 3.05) is 7.05 Å². The molecule has 0 atom stereocenters. The highest BCUT2D eigenvalue weighted by Gasteiger charge is 2.14. The number of halogens is 1. The van der Waals surface area contributed by atoms with Crippen LogP contribution in [0.3, 0.4) is 0 Å². The Morgan fingerprint density at radius 3 is 2.87 bits per heavy atom. The van der Waals surface area contributed by atoms with E-state index in [1.807, 2.05) is 7.05 Å². The summed E-state index contributed by atoms with van der Waals surface area (Å²) in [6.07, 6.45) is 10.6. The van der Waals surface area contributed by atoms with Crippen LogP contribution in [0.25, 0.3) is 5.65 Å². The van der Waals surface area contributed by atoms with Gasteiger partial charge in [0.1, 0.15) is 5.65 Å².